The van der Waals surface area contributed by atoms with Crippen LogP contribution >= 0.6 is 11.8 Å². The van der Waals surface area contributed by atoms with Gasteiger partial charge in [0.1, 0.15) is 5.75 Å². The lowest BCUT2D eigenvalue weighted by atomic mass is 10.2. The minimum absolute atomic E-state index is 0.306. The monoisotopic (exact) mass is 193 g/mol. The summed E-state index contributed by atoms with van der Waals surface area (Å²) in [7, 11) is 0. The molecule has 1 aromatic rings. The van der Waals surface area contributed by atoms with Crippen molar-refractivity contribution in [3.05, 3.63) is 29.8 Å². The van der Waals surface area contributed by atoms with E-state index < -0.39 is 0 Å². The van der Waals surface area contributed by atoms with Gasteiger partial charge < -0.3 is 5.11 Å². The summed E-state index contributed by atoms with van der Waals surface area (Å²) in [5.41, 5.74) is 1.10. The van der Waals surface area contributed by atoms with E-state index in [1.165, 1.54) is 0 Å². The predicted octanol–water partition coefficient (Wildman–Crippen LogP) is 2.27. The van der Waals surface area contributed by atoms with Crippen LogP contribution < -0.4 is 0 Å². The number of hydrogen-bond acceptors (Lipinski definition) is 3. The van der Waals surface area contributed by atoms with Crippen LogP contribution in [0.25, 0.3) is 0 Å². The maximum atomic E-state index is 9.10. The first-order valence-corrected chi connectivity index (χ1v) is 5.24. The lowest BCUT2D eigenvalue weighted by molar-refractivity contribution is 0.475. The molecule has 2 nitrogen and oxygen atoms in total. The zero-order valence-electron chi connectivity index (χ0n) is 7.40. The first-order valence-electron chi connectivity index (χ1n) is 4.26. The number of phenolic OH excluding ortho intramolecular Hbond substituents is 1. The van der Waals surface area contributed by atoms with E-state index in [0.29, 0.717) is 11.8 Å². The third-order valence-electron chi connectivity index (χ3n) is 1.91. The summed E-state index contributed by atoms with van der Waals surface area (Å²) in [5.74, 6) is 1.37. The smallest absolute Gasteiger partial charge is 0.115 e. The van der Waals surface area contributed by atoms with Gasteiger partial charge >= 0.3 is 0 Å². The van der Waals surface area contributed by atoms with Crippen LogP contribution in [0.2, 0.25) is 0 Å². The van der Waals surface area contributed by atoms with E-state index in [0.717, 1.165) is 16.4 Å². The van der Waals surface area contributed by atoms with E-state index in [4.69, 9.17) is 5.11 Å². The lowest BCUT2D eigenvalue weighted by Crippen LogP contribution is -1.93. The molecular weight excluding hydrogens is 182 g/mol. The van der Waals surface area contributed by atoms with E-state index in [-0.39, 0.29) is 0 Å². The molecule has 0 saturated carbocycles. The van der Waals surface area contributed by atoms with Gasteiger partial charge in [0.05, 0.1) is 11.1 Å². The van der Waals surface area contributed by atoms with Crippen molar-refractivity contribution in [2.24, 2.45) is 4.99 Å². The van der Waals surface area contributed by atoms with E-state index in [1.807, 2.05) is 12.1 Å². The number of hydrogen-bond donors (Lipinski definition) is 1. The van der Waals surface area contributed by atoms with Crippen molar-refractivity contribution in [2.75, 3.05) is 5.75 Å². The Kier molecular flexibility index (Phi) is 2.27. The van der Waals surface area contributed by atoms with Crippen LogP contribution in [0.5, 0.6) is 5.75 Å². The van der Waals surface area contributed by atoms with Gasteiger partial charge in [-0.05, 0) is 31.2 Å². The minimum Gasteiger partial charge on any atom is -0.508 e. The zero-order valence-corrected chi connectivity index (χ0v) is 8.21. The largest absolute Gasteiger partial charge is 0.508 e. The van der Waals surface area contributed by atoms with Gasteiger partial charge in [-0.3, -0.25) is 4.99 Å². The average molecular weight is 193 g/mol. The van der Waals surface area contributed by atoms with Gasteiger partial charge in [0.25, 0.3) is 0 Å². The highest BCUT2D eigenvalue weighted by Gasteiger charge is 2.14. The van der Waals surface area contributed by atoms with Gasteiger partial charge in [-0.25, -0.2) is 0 Å². The predicted molar refractivity (Wildman–Crippen MR) is 56.6 cm³/mol. The molecule has 0 amide bonds. The average Bonchev–Trinajstić information content (AvgIpc) is 2.53. The molecule has 0 spiro atoms. The van der Waals surface area contributed by atoms with E-state index in [1.54, 1.807) is 23.9 Å². The van der Waals surface area contributed by atoms with Gasteiger partial charge in [-0.2, -0.15) is 0 Å². The van der Waals surface area contributed by atoms with Gasteiger partial charge in [0.15, 0.2) is 0 Å². The summed E-state index contributed by atoms with van der Waals surface area (Å²) in [4.78, 5) is 4.49. The molecule has 0 bridgehead atoms. The van der Waals surface area contributed by atoms with E-state index in [9.17, 15) is 0 Å². The van der Waals surface area contributed by atoms with Gasteiger partial charge in [0, 0.05) is 11.3 Å². The molecule has 0 aliphatic carbocycles. The highest BCUT2D eigenvalue weighted by atomic mass is 32.2. The van der Waals surface area contributed by atoms with Crippen molar-refractivity contribution < 1.29 is 5.11 Å². The third-order valence-corrected chi connectivity index (χ3v) is 3.18. The Hall–Kier alpha value is -0.960. The van der Waals surface area contributed by atoms with E-state index >= 15 is 0 Å². The molecule has 1 N–H and O–H groups in total. The van der Waals surface area contributed by atoms with Crippen molar-refractivity contribution in [3.8, 4) is 5.75 Å². The number of benzene rings is 1. The number of aromatic hydroxyl groups is 1. The Morgan fingerprint density at radius 1 is 1.38 bits per heavy atom. The van der Waals surface area contributed by atoms with Gasteiger partial charge in [-0.15, -0.1) is 11.8 Å². The van der Waals surface area contributed by atoms with Crippen LogP contribution in [0.3, 0.4) is 0 Å². The minimum atomic E-state index is 0.306. The highest BCUT2D eigenvalue weighted by Crippen LogP contribution is 2.23. The van der Waals surface area contributed by atoms with Crippen LogP contribution in [0.1, 0.15) is 12.5 Å². The molecule has 0 unspecified atom stereocenters. The summed E-state index contributed by atoms with van der Waals surface area (Å²) in [6, 6.07) is 7.62. The topological polar surface area (TPSA) is 32.6 Å². The van der Waals surface area contributed by atoms with Crippen LogP contribution in [0.15, 0.2) is 29.3 Å². The Balaban J connectivity index is 2.26. The fraction of sp³-hybridized carbons (Fsp3) is 0.300. The molecule has 1 atom stereocenters. The van der Waals surface area contributed by atoms with Crippen molar-refractivity contribution in [1.82, 2.24) is 0 Å². The molecule has 0 aromatic heterocycles. The van der Waals surface area contributed by atoms with Crippen LogP contribution in [-0.2, 0) is 0 Å². The Bertz CT molecular complexity index is 331. The second-order valence-corrected chi connectivity index (χ2v) is 4.15. The van der Waals surface area contributed by atoms with Gasteiger partial charge in [-0.1, -0.05) is 0 Å². The fourth-order valence-electron chi connectivity index (χ4n) is 1.24. The van der Waals surface area contributed by atoms with Crippen molar-refractivity contribution in [1.29, 1.82) is 0 Å². The second kappa shape index (κ2) is 3.42. The molecule has 0 saturated heterocycles. The second-order valence-electron chi connectivity index (χ2n) is 3.14. The summed E-state index contributed by atoms with van der Waals surface area (Å²) < 4.78 is 0. The number of phenols is 1. The summed E-state index contributed by atoms with van der Waals surface area (Å²) >= 11 is 1.78. The van der Waals surface area contributed by atoms with Crippen molar-refractivity contribution >= 4 is 16.8 Å². The highest BCUT2D eigenvalue weighted by molar-refractivity contribution is 8.14. The normalized spacial score (nSPS) is 21.6. The molecule has 13 heavy (non-hydrogen) atoms. The van der Waals surface area contributed by atoms with Crippen molar-refractivity contribution in [3.63, 3.8) is 0 Å². The summed E-state index contributed by atoms with van der Waals surface area (Å²) in [5, 5.41) is 10.2. The first kappa shape index (κ1) is 8.63. The van der Waals surface area contributed by atoms with Crippen molar-refractivity contribution in [2.45, 2.75) is 13.0 Å². The number of nitrogens with zero attached hydrogens (tertiary/aromatic N) is 1. The first-order chi connectivity index (χ1) is 6.25. The number of rotatable bonds is 1. The molecule has 2 rings (SSSR count). The maximum absolute atomic E-state index is 9.10. The number of thioether (sulfide) groups is 1. The molecule has 1 aliphatic heterocycles. The molecular formula is C10H11NOS. The van der Waals surface area contributed by atoms with Gasteiger partial charge in [0.2, 0.25) is 0 Å². The SMILES string of the molecule is C[C@H]1CSC(c2ccc(O)cc2)=N1. The zero-order chi connectivity index (χ0) is 9.26. The van der Waals surface area contributed by atoms with Crippen LogP contribution in [0.4, 0.5) is 0 Å². The Morgan fingerprint density at radius 3 is 2.62 bits per heavy atom. The molecule has 0 fully saturated rings. The molecule has 3 heteroatoms. The molecule has 0 radical (unpaired) electrons. The number of aliphatic imine (C=N–C) groups is 1. The molecule has 1 aromatic carbocycles. The van der Waals surface area contributed by atoms with Crippen LogP contribution in [0, 0.1) is 0 Å². The fourth-order valence-corrected chi connectivity index (χ4v) is 2.27. The quantitative estimate of drug-likeness (QED) is 0.742. The molecule has 68 valence electrons. The summed E-state index contributed by atoms with van der Waals surface area (Å²) in [6.07, 6.45) is 0. The Morgan fingerprint density at radius 2 is 2.08 bits per heavy atom. The third kappa shape index (κ3) is 1.86. The molecule has 1 heterocycles. The van der Waals surface area contributed by atoms with E-state index in [2.05, 4.69) is 11.9 Å². The van der Waals surface area contributed by atoms with Crippen LogP contribution in [-0.4, -0.2) is 21.9 Å². The Labute approximate surface area is 81.7 Å². The standard InChI is InChI=1S/C10H11NOS/c1-7-6-13-10(11-7)8-2-4-9(12)5-3-8/h2-5,7,12H,6H2,1H3/t7-/m0/s1. The lowest BCUT2D eigenvalue weighted by Gasteiger charge is -1.98. The maximum Gasteiger partial charge on any atom is 0.115 e. The summed E-state index contributed by atoms with van der Waals surface area (Å²) in [6.45, 7) is 2.11. The molecule has 1 aliphatic rings.